The first kappa shape index (κ1) is 16.2. The summed E-state index contributed by atoms with van der Waals surface area (Å²) in [5, 5.41) is 0. The van der Waals surface area contributed by atoms with E-state index >= 15 is 0 Å². The number of nitrogens with one attached hydrogen (secondary N) is 1. The van der Waals surface area contributed by atoms with Gasteiger partial charge in [-0.15, -0.1) is 0 Å². The molecule has 0 saturated carbocycles. The average Bonchev–Trinajstić information content (AvgIpc) is 2.96. The lowest BCUT2D eigenvalue weighted by Crippen LogP contribution is -2.27. The van der Waals surface area contributed by atoms with Crippen molar-refractivity contribution < 1.29 is 8.42 Å². The highest BCUT2D eigenvalue weighted by Crippen LogP contribution is 2.26. The minimum atomic E-state index is -3.52. The molecule has 1 aliphatic carbocycles. The van der Waals surface area contributed by atoms with Crippen LogP contribution in [-0.4, -0.2) is 8.42 Å². The van der Waals surface area contributed by atoms with E-state index in [-0.39, 0.29) is 6.04 Å². The highest BCUT2D eigenvalue weighted by atomic mass is 32.2. The summed E-state index contributed by atoms with van der Waals surface area (Å²) in [5.41, 5.74) is 5.50. The summed E-state index contributed by atoms with van der Waals surface area (Å²) >= 11 is 0. The number of sulfonamides is 1. The van der Waals surface area contributed by atoms with Crippen molar-refractivity contribution in [2.75, 3.05) is 0 Å². The Labute approximate surface area is 138 Å². The second-order valence-corrected chi connectivity index (χ2v) is 8.18. The molecule has 0 heterocycles. The zero-order valence-electron chi connectivity index (χ0n) is 13.9. The molecule has 0 fully saturated rings. The normalized spacial score (nSPS) is 15.4. The molecule has 3 nitrogen and oxygen atoms in total. The summed E-state index contributed by atoms with van der Waals surface area (Å²) in [6, 6.07) is 11.6. The van der Waals surface area contributed by atoms with Gasteiger partial charge >= 0.3 is 0 Å². The second-order valence-electron chi connectivity index (χ2n) is 6.49. The Kier molecular flexibility index (Phi) is 4.30. The quantitative estimate of drug-likeness (QED) is 0.926. The van der Waals surface area contributed by atoms with E-state index in [0.29, 0.717) is 4.90 Å². The van der Waals surface area contributed by atoms with Gasteiger partial charge in [0, 0.05) is 6.04 Å². The lowest BCUT2D eigenvalue weighted by atomic mass is 10.0. The van der Waals surface area contributed by atoms with Gasteiger partial charge in [0.15, 0.2) is 0 Å². The molecule has 0 aromatic heterocycles. The van der Waals surface area contributed by atoms with Crippen molar-refractivity contribution in [1.82, 2.24) is 4.72 Å². The summed E-state index contributed by atoms with van der Waals surface area (Å²) < 4.78 is 28.2. The minimum absolute atomic E-state index is 0.245. The Bertz CT molecular complexity index is 840. The molecule has 0 bridgehead atoms. The van der Waals surface area contributed by atoms with Crippen LogP contribution in [0.2, 0.25) is 0 Å². The van der Waals surface area contributed by atoms with E-state index in [1.807, 2.05) is 39.0 Å². The maximum absolute atomic E-state index is 12.7. The monoisotopic (exact) mass is 329 g/mol. The van der Waals surface area contributed by atoms with Gasteiger partial charge in [-0.2, -0.15) is 0 Å². The highest BCUT2D eigenvalue weighted by Gasteiger charge is 2.21. The molecule has 1 N–H and O–H groups in total. The third-order valence-electron chi connectivity index (χ3n) is 4.59. The Morgan fingerprint density at radius 3 is 2.52 bits per heavy atom. The average molecular weight is 329 g/mol. The molecule has 122 valence electrons. The van der Waals surface area contributed by atoms with Crippen molar-refractivity contribution in [2.24, 2.45) is 0 Å². The van der Waals surface area contributed by atoms with E-state index in [4.69, 9.17) is 0 Å². The smallest absolute Gasteiger partial charge is 0.207 e. The van der Waals surface area contributed by atoms with Gasteiger partial charge in [-0.1, -0.05) is 30.3 Å². The molecule has 0 saturated heterocycles. The molecule has 23 heavy (non-hydrogen) atoms. The molecule has 0 spiro atoms. The molecule has 2 aromatic carbocycles. The molecule has 4 heteroatoms. The zero-order chi connectivity index (χ0) is 16.6. The van der Waals surface area contributed by atoms with E-state index in [9.17, 15) is 8.42 Å². The number of hydrogen-bond donors (Lipinski definition) is 1. The third-order valence-corrected chi connectivity index (χ3v) is 6.27. The summed E-state index contributed by atoms with van der Waals surface area (Å²) in [6.45, 7) is 5.63. The number of hydrogen-bond acceptors (Lipinski definition) is 2. The van der Waals surface area contributed by atoms with Gasteiger partial charge in [-0.3, -0.25) is 0 Å². The Balaban J connectivity index is 1.86. The van der Waals surface area contributed by atoms with Crippen molar-refractivity contribution >= 4 is 10.0 Å². The van der Waals surface area contributed by atoms with Crippen LogP contribution in [0.3, 0.4) is 0 Å². The van der Waals surface area contributed by atoms with Crippen LogP contribution in [0.1, 0.15) is 47.2 Å². The predicted octanol–water partition coefficient (Wildman–Crippen LogP) is 3.83. The van der Waals surface area contributed by atoms with E-state index in [1.165, 1.54) is 17.5 Å². The molecule has 0 amide bonds. The highest BCUT2D eigenvalue weighted by molar-refractivity contribution is 7.89. The van der Waals surface area contributed by atoms with Gasteiger partial charge < -0.3 is 0 Å². The first-order chi connectivity index (χ1) is 10.9. The Morgan fingerprint density at radius 1 is 1.00 bits per heavy atom. The molecular formula is C19H23NO2S. The molecule has 2 aromatic rings. The van der Waals surface area contributed by atoms with Crippen molar-refractivity contribution in [3.05, 3.63) is 64.2 Å². The van der Waals surface area contributed by atoms with Gasteiger partial charge in [0.05, 0.1) is 4.90 Å². The molecule has 3 rings (SSSR count). The fraction of sp³-hybridized carbons (Fsp3) is 0.368. The maximum Gasteiger partial charge on any atom is 0.241 e. The van der Waals surface area contributed by atoms with Crippen molar-refractivity contribution in [3.63, 3.8) is 0 Å². The molecule has 1 atom stereocenters. The predicted molar refractivity (Wildman–Crippen MR) is 93.1 cm³/mol. The summed E-state index contributed by atoms with van der Waals surface area (Å²) in [4.78, 5) is 0.366. The van der Waals surface area contributed by atoms with Gasteiger partial charge in [-0.05, 0) is 73.9 Å². The standard InChI is InChI=1S/C19H23NO2S/c1-13-7-8-14(2)19(11-13)23(21,22)20-15(3)17-10-9-16-5-4-6-18(16)12-17/h7-12,15,20H,4-6H2,1-3H3/t15-/m1/s1. The van der Waals surface area contributed by atoms with Crippen LogP contribution in [0.15, 0.2) is 41.3 Å². The molecule has 0 radical (unpaired) electrons. The number of fused-ring (bicyclic) bond motifs is 1. The topological polar surface area (TPSA) is 46.2 Å². The largest absolute Gasteiger partial charge is 0.241 e. The Hall–Kier alpha value is -1.65. The van der Waals surface area contributed by atoms with Gasteiger partial charge in [0.1, 0.15) is 0 Å². The molecule has 0 aliphatic heterocycles. The summed E-state index contributed by atoms with van der Waals surface area (Å²) in [6.07, 6.45) is 3.43. The third kappa shape index (κ3) is 3.33. The Morgan fingerprint density at radius 2 is 1.74 bits per heavy atom. The van der Waals surface area contributed by atoms with Crippen LogP contribution < -0.4 is 4.72 Å². The lowest BCUT2D eigenvalue weighted by Gasteiger charge is -2.17. The van der Waals surface area contributed by atoms with Gasteiger partial charge in [0.25, 0.3) is 0 Å². The number of rotatable bonds is 4. The van der Waals surface area contributed by atoms with E-state index in [2.05, 4.69) is 16.9 Å². The first-order valence-electron chi connectivity index (χ1n) is 8.08. The van der Waals surface area contributed by atoms with Gasteiger partial charge in [-0.25, -0.2) is 13.1 Å². The fourth-order valence-electron chi connectivity index (χ4n) is 3.22. The summed E-state index contributed by atoms with van der Waals surface area (Å²) in [7, 11) is -3.52. The lowest BCUT2D eigenvalue weighted by molar-refractivity contribution is 0.566. The van der Waals surface area contributed by atoms with E-state index < -0.39 is 10.0 Å². The van der Waals surface area contributed by atoms with Crippen molar-refractivity contribution in [1.29, 1.82) is 0 Å². The van der Waals surface area contributed by atoms with E-state index in [0.717, 1.165) is 29.5 Å². The molecular weight excluding hydrogens is 306 g/mol. The SMILES string of the molecule is Cc1ccc(C)c(S(=O)(=O)N[C@H](C)c2ccc3c(c2)CCC3)c1. The molecule has 0 unspecified atom stereocenters. The van der Waals surface area contributed by atoms with Crippen molar-refractivity contribution in [2.45, 2.75) is 51.0 Å². The number of aryl methyl sites for hydroxylation is 4. The van der Waals surface area contributed by atoms with Crippen LogP contribution in [0.25, 0.3) is 0 Å². The summed E-state index contributed by atoms with van der Waals surface area (Å²) in [5.74, 6) is 0. The van der Waals surface area contributed by atoms with Crippen molar-refractivity contribution in [3.8, 4) is 0 Å². The van der Waals surface area contributed by atoms with Crippen LogP contribution in [0, 0.1) is 13.8 Å². The molecule has 1 aliphatic rings. The first-order valence-corrected chi connectivity index (χ1v) is 9.56. The maximum atomic E-state index is 12.7. The van der Waals surface area contributed by atoms with Crippen LogP contribution >= 0.6 is 0 Å². The number of benzene rings is 2. The van der Waals surface area contributed by atoms with Crippen LogP contribution in [-0.2, 0) is 22.9 Å². The second kappa shape index (κ2) is 6.10. The van der Waals surface area contributed by atoms with E-state index in [1.54, 1.807) is 6.07 Å². The minimum Gasteiger partial charge on any atom is -0.207 e. The zero-order valence-corrected chi connectivity index (χ0v) is 14.7. The van der Waals surface area contributed by atoms with Crippen LogP contribution in [0.5, 0.6) is 0 Å². The van der Waals surface area contributed by atoms with Gasteiger partial charge in [0.2, 0.25) is 10.0 Å². The fourth-order valence-corrected chi connectivity index (χ4v) is 4.78. The van der Waals surface area contributed by atoms with Crippen LogP contribution in [0.4, 0.5) is 0 Å².